The molecule has 0 aromatic rings. The summed E-state index contributed by atoms with van der Waals surface area (Å²) in [4.78, 5) is 11.9. The zero-order valence-corrected chi connectivity index (χ0v) is 11.7. The van der Waals surface area contributed by atoms with E-state index in [1.807, 2.05) is 19.9 Å². The van der Waals surface area contributed by atoms with Crippen molar-refractivity contribution < 1.29 is 15.0 Å². The number of carbonyl (C=O) groups is 1. The van der Waals surface area contributed by atoms with Crippen LogP contribution in [0.3, 0.4) is 0 Å². The molecular formula is C15H24O3. The maximum Gasteiger partial charge on any atom is 0.159 e. The van der Waals surface area contributed by atoms with Gasteiger partial charge in [0, 0.05) is 11.8 Å². The molecule has 5 atom stereocenters. The summed E-state index contributed by atoms with van der Waals surface area (Å²) < 4.78 is 0. The molecule has 0 bridgehead atoms. The van der Waals surface area contributed by atoms with Gasteiger partial charge in [-0.05, 0) is 36.7 Å². The summed E-state index contributed by atoms with van der Waals surface area (Å²) in [5, 5.41) is 21.0. The van der Waals surface area contributed by atoms with Gasteiger partial charge in [0.1, 0.15) is 0 Å². The fourth-order valence-electron chi connectivity index (χ4n) is 3.71. The van der Waals surface area contributed by atoms with Crippen LogP contribution in [-0.4, -0.2) is 28.2 Å². The number of ketones is 1. The number of rotatable bonds is 1. The Morgan fingerprint density at radius 1 is 1.39 bits per heavy atom. The van der Waals surface area contributed by atoms with Gasteiger partial charge in [0.2, 0.25) is 0 Å². The fourth-order valence-corrected chi connectivity index (χ4v) is 3.71. The lowest BCUT2D eigenvalue weighted by molar-refractivity contribution is -0.135. The largest absolute Gasteiger partial charge is 0.393 e. The van der Waals surface area contributed by atoms with Crippen molar-refractivity contribution >= 4 is 5.78 Å². The number of Topliss-reactive ketones (excluding diaryl/α,β-unsaturated/α-hetero) is 1. The minimum absolute atomic E-state index is 0.0612. The molecule has 0 radical (unpaired) electrons. The van der Waals surface area contributed by atoms with E-state index >= 15 is 0 Å². The van der Waals surface area contributed by atoms with Gasteiger partial charge in [-0.3, -0.25) is 4.79 Å². The number of aliphatic hydroxyl groups is 2. The lowest BCUT2D eigenvalue weighted by Gasteiger charge is -2.50. The summed E-state index contributed by atoms with van der Waals surface area (Å²) in [5.74, 6) is 0.413. The zero-order valence-electron chi connectivity index (χ0n) is 11.7. The molecule has 3 heteroatoms. The van der Waals surface area contributed by atoms with Gasteiger partial charge >= 0.3 is 0 Å². The Morgan fingerprint density at radius 2 is 2.00 bits per heavy atom. The van der Waals surface area contributed by atoms with Crippen LogP contribution in [0.1, 0.15) is 40.5 Å². The first kappa shape index (κ1) is 13.8. The van der Waals surface area contributed by atoms with Crippen LogP contribution in [0.5, 0.6) is 0 Å². The molecule has 3 nitrogen and oxygen atoms in total. The summed E-state index contributed by atoms with van der Waals surface area (Å²) >= 11 is 0. The summed E-state index contributed by atoms with van der Waals surface area (Å²) in [6, 6.07) is 0. The van der Waals surface area contributed by atoms with Crippen LogP contribution in [-0.2, 0) is 4.79 Å². The number of hydrogen-bond donors (Lipinski definition) is 2. The van der Waals surface area contributed by atoms with Crippen molar-refractivity contribution in [2.75, 3.05) is 0 Å². The number of aliphatic hydroxyl groups excluding tert-OH is 2. The Morgan fingerprint density at radius 3 is 2.44 bits per heavy atom. The first-order chi connectivity index (χ1) is 8.29. The third kappa shape index (κ3) is 1.84. The van der Waals surface area contributed by atoms with Crippen LogP contribution in [0.2, 0.25) is 0 Å². The summed E-state index contributed by atoms with van der Waals surface area (Å²) in [5.41, 5.74) is 0.186. The number of hydrogen-bond acceptors (Lipinski definition) is 3. The molecule has 0 unspecified atom stereocenters. The normalized spacial score (nSPS) is 44.8. The van der Waals surface area contributed by atoms with Gasteiger partial charge < -0.3 is 10.2 Å². The highest BCUT2D eigenvalue weighted by molar-refractivity contribution is 5.98. The third-order valence-corrected chi connectivity index (χ3v) is 5.14. The predicted molar refractivity (Wildman–Crippen MR) is 69.9 cm³/mol. The quantitative estimate of drug-likeness (QED) is 0.749. The van der Waals surface area contributed by atoms with Crippen LogP contribution in [0.25, 0.3) is 0 Å². The number of carbonyl (C=O) groups excluding carboxylic acids is 1. The van der Waals surface area contributed by atoms with Crippen molar-refractivity contribution in [2.45, 2.75) is 52.7 Å². The van der Waals surface area contributed by atoms with Crippen molar-refractivity contribution in [1.82, 2.24) is 0 Å². The minimum Gasteiger partial charge on any atom is -0.393 e. The van der Waals surface area contributed by atoms with Crippen LogP contribution in [0, 0.1) is 23.2 Å². The van der Waals surface area contributed by atoms with Gasteiger partial charge in [-0.1, -0.05) is 26.8 Å². The average Bonchev–Trinajstić information content (AvgIpc) is 2.59. The highest BCUT2D eigenvalue weighted by Gasteiger charge is 2.55. The van der Waals surface area contributed by atoms with E-state index in [2.05, 4.69) is 13.8 Å². The first-order valence-corrected chi connectivity index (χ1v) is 6.88. The molecule has 2 aliphatic carbocycles. The lowest BCUT2D eigenvalue weighted by Crippen LogP contribution is -2.53. The zero-order chi connectivity index (χ0) is 13.7. The molecule has 0 aromatic carbocycles. The van der Waals surface area contributed by atoms with Crippen molar-refractivity contribution in [1.29, 1.82) is 0 Å². The average molecular weight is 252 g/mol. The highest BCUT2D eigenvalue weighted by atomic mass is 16.3. The second-order valence-electron chi connectivity index (χ2n) is 6.48. The third-order valence-electron chi connectivity index (χ3n) is 5.14. The molecule has 0 aliphatic heterocycles. The van der Waals surface area contributed by atoms with Crippen molar-refractivity contribution in [3.8, 4) is 0 Å². The fraction of sp³-hybridized carbons (Fsp3) is 0.800. The Balaban J connectivity index is 2.40. The van der Waals surface area contributed by atoms with E-state index in [9.17, 15) is 15.0 Å². The Kier molecular flexibility index (Phi) is 3.41. The van der Waals surface area contributed by atoms with E-state index in [4.69, 9.17) is 0 Å². The standard InChI is InChI=1S/C15H24O3/c1-8(2)11-5-12(16)10(4)15(14(11)18)6-9(3)13(17)7-15/h6,8,10-12,14,16,18H,5,7H2,1-4H3/t10-,11+,12+,14-,15+/m1/s1. The smallest absolute Gasteiger partial charge is 0.159 e. The number of allylic oxidation sites excluding steroid dienone is 1. The molecular weight excluding hydrogens is 228 g/mol. The van der Waals surface area contributed by atoms with Gasteiger partial charge in [0.25, 0.3) is 0 Å². The van der Waals surface area contributed by atoms with Gasteiger partial charge in [0.05, 0.1) is 12.2 Å². The van der Waals surface area contributed by atoms with E-state index in [0.29, 0.717) is 18.8 Å². The molecule has 1 saturated carbocycles. The van der Waals surface area contributed by atoms with Gasteiger partial charge in [-0.15, -0.1) is 0 Å². The first-order valence-electron chi connectivity index (χ1n) is 6.88. The second kappa shape index (κ2) is 4.46. The molecule has 2 aliphatic rings. The maximum atomic E-state index is 11.9. The van der Waals surface area contributed by atoms with Crippen LogP contribution in [0.4, 0.5) is 0 Å². The molecule has 0 aromatic heterocycles. The molecule has 2 rings (SSSR count). The maximum absolute atomic E-state index is 11.9. The van der Waals surface area contributed by atoms with Crippen LogP contribution in [0.15, 0.2) is 11.6 Å². The van der Waals surface area contributed by atoms with E-state index in [1.54, 1.807) is 0 Å². The van der Waals surface area contributed by atoms with Crippen molar-refractivity contribution in [3.05, 3.63) is 11.6 Å². The monoisotopic (exact) mass is 252 g/mol. The molecule has 1 fully saturated rings. The minimum atomic E-state index is -0.548. The predicted octanol–water partition coefficient (Wildman–Crippen LogP) is 1.93. The Labute approximate surface area is 109 Å². The Hall–Kier alpha value is -0.670. The topological polar surface area (TPSA) is 57.5 Å². The molecule has 102 valence electrons. The molecule has 2 N–H and O–H groups in total. The van der Waals surface area contributed by atoms with E-state index in [-0.39, 0.29) is 17.6 Å². The second-order valence-corrected chi connectivity index (χ2v) is 6.48. The SMILES string of the molecule is CC1=C[C@]2(CC1=O)[C@H](C)[C@@H](O)C[C@@H](C(C)C)[C@H]2O. The summed E-state index contributed by atoms with van der Waals surface area (Å²) in [6.07, 6.45) is 1.93. The summed E-state index contributed by atoms with van der Waals surface area (Å²) in [7, 11) is 0. The lowest BCUT2D eigenvalue weighted by atomic mass is 9.58. The van der Waals surface area contributed by atoms with E-state index in [1.165, 1.54) is 0 Å². The van der Waals surface area contributed by atoms with E-state index in [0.717, 1.165) is 5.57 Å². The Bertz CT molecular complexity index is 385. The molecule has 0 saturated heterocycles. The van der Waals surface area contributed by atoms with Crippen LogP contribution >= 0.6 is 0 Å². The van der Waals surface area contributed by atoms with Gasteiger partial charge in [-0.25, -0.2) is 0 Å². The summed E-state index contributed by atoms with van der Waals surface area (Å²) in [6.45, 7) is 7.89. The molecule has 18 heavy (non-hydrogen) atoms. The van der Waals surface area contributed by atoms with Crippen molar-refractivity contribution in [2.24, 2.45) is 23.2 Å². The van der Waals surface area contributed by atoms with Gasteiger partial charge in [0.15, 0.2) is 5.78 Å². The van der Waals surface area contributed by atoms with E-state index < -0.39 is 17.6 Å². The van der Waals surface area contributed by atoms with Crippen molar-refractivity contribution in [3.63, 3.8) is 0 Å². The molecule has 0 amide bonds. The van der Waals surface area contributed by atoms with Crippen LogP contribution < -0.4 is 0 Å². The molecule has 1 spiro atoms. The van der Waals surface area contributed by atoms with Gasteiger partial charge in [-0.2, -0.15) is 0 Å². The molecule has 0 heterocycles. The highest BCUT2D eigenvalue weighted by Crippen LogP contribution is 2.52.